The summed E-state index contributed by atoms with van der Waals surface area (Å²) >= 11 is 0. The van der Waals surface area contributed by atoms with Crippen molar-refractivity contribution in [3.8, 4) is 0 Å². The van der Waals surface area contributed by atoms with Crippen LogP contribution >= 0.6 is 0 Å². The molecule has 5 heteroatoms. The zero-order valence-electron chi connectivity index (χ0n) is 19.3. The van der Waals surface area contributed by atoms with E-state index in [2.05, 4.69) is 30.9 Å². The Bertz CT molecular complexity index is 681. The van der Waals surface area contributed by atoms with Crippen LogP contribution in [0.15, 0.2) is 23.3 Å². The molecule has 3 saturated carbocycles. The van der Waals surface area contributed by atoms with Gasteiger partial charge in [0, 0.05) is 19.0 Å². The number of likely N-dealkylation sites (tertiary alicyclic amines) is 1. The van der Waals surface area contributed by atoms with Gasteiger partial charge in [-0.1, -0.05) is 37.1 Å². The van der Waals surface area contributed by atoms with Gasteiger partial charge in [0.15, 0.2) is 0 Å². The number of halogens is 2. The largest absolute Gasteiger partial charge is 0.393 e. The maximum Gasteiger partial charge on any atom is 0.242 e. The Morgan fingerprint density at radius 3 is 2.55 bits per heavy atom. The average Bonchev–Trinajstić information content (AvgIpc) is 3.29. The van der Waals surface area contributed by atoms with E-state index in [0.717, 1.165) is 25.1 Å². The van der Waals surface area contributed by atoms with E-state index in [0.29, 0.717) is 55.4 Å². The molecule has 7 atom stereocenters. The molecule has 2 N–H and O–H groups in total. The topological polar surface area (TPSA) is 43.7 Å². The van der Waals surface area contributed by atoms with Crippen molar-refractivity contribution in [3.05, 3.63) is 23.3 Å². The predicted octanol–water partition coefficient (Wildman–Crippen LogP) is 5.18. The second-order valence-electron chi connectivity index (χ2n) is 11.2. The number of aliphatic hydroxyl groups is 2. The molecule has 1 aliphatic heterocycles. The van der Waals surface area contributed by atoms with Gasteiger partial charge in [0.2, 0.25) is 6.43 Å². The summed E-state index contributed by atoms with van der Waals surface area (Å²) in [4.78, 5) is 2.28. The third kappa shape index (κ3) is 5.09. The van der Waals surface area contributed by atoms with Crippen molar-refractivity contribution >= 4 is 0 Å². The van der Waals surface area contributed by atoms with Crippen LogP contribution in [0, 0.1) is 29.1 Å². The molecule has 31 heavy (non-hydrogen) atoms. The van der Waals surface area contributed by atoms with Crippen molar-refractivity contribution in [1.82, 2.24) is 4.90 Å². The van der Waals surface area contributed by atoms with Gasteiger partial charge in [0.25, 0.3) is 0 Å². The summed E-state index contributed by atoms with van der Waals surface area (Å²) in [6.07, 6.45) is 10.0. The molecular weight excluding hydrogens is 396 g/mol. The van der Waals surface area contributed by atoms with Crippen LogP contribution in [0.2, 0.25) is 0 Å². The maximum absolute atomic E-state index is 13.1. The molecule has 3 aliphatic carbocycles. The Morgan fingerprint density at radius 2 is 1.87 bits per heavy atom. The lowest BCUT2D eigenvalue weighted by molar-refractivity contribution is 0.0609. The lowest BCUT2D eigenvalue weighted by Crippen LogP contribution is -2.39. The van der Waals surface area contributed by atoms with Crippen LogP contribution < -0.4 is 0 Å². The minimum absolute atomic E-state index is 0.301. The number of fused-ring (bicyclic) bond motifs is 1. The number of allylic oxidation sites excluding steroid dienone is 3. The third-order valence-corrected chi connectivity index (χ3v) is 9.01. The summed E-state index contributed by atoms with van der Waals surface area (Å²) in [5.74, 6) is 1.36. The Morgan fingerprint density at radius 1 is 1.13 bits per heavy atom. The average molecular weight is 438 g/mol. The molecule has 4 fully saturated rings. The number of rotatable bonds is 5. The molecule has 0 spiro atoms. The molecule has 0 bridgehead atoms. The van der Waals surface area contributed by atoms with Crippen LogP contribution in [0.1, 0.15) is 71.6 Å². The van der Waals surface area contributed by atoms with E-state index in [1.54, 1.807) is 5.57 Å². The highest BCUT2D eigenvalue weighted by Crippen LogP contribution is 2.59. The van der Waals surface area contributed by atoms with Crippen LogP contribution in [-0.4, -0.2) is 53.4 Å². The molecule has 0 aromatic carbocycles. The van der Waals surface area contributed by atoms with E-state index >= 15 is 0 Å². The van der Waals surface area contributed by atoms with Crippen molar-refractivity contribution in [2.24, 2.45) is 29.1 Å². The molecule has 0 aromatic heterocycles. The summed E-state index contributed by atoms with van der Waals surface area (Å²) in [7, 11) is 0. The van der Waals surface area contributed by atoms with Crippen molar-refractivity contribution in [2.45, 2.75) is 90.3 Å². The molecular formula is C26H41F2NO2. The van der Waals surface area contributed by atoms with Gasteiger partial charge in [-0.2, -0.15) is 0 Å². The maximum atomic E-state index is 13.1. The van der Waals surface area contributed by atoms with Gasteiger partial charge in [-0.05, 0) is 87.5 Å². The molecule has 1 saturated heterocycles. The lowest BCUT2D eigenvalue weighted by atomic mass is 9.61. The van der Waals surface area contributed by atoms with Crippen LogP contribution in [0.25, 0.3) is 0 Å². The standard InChI is InChI=1S/C26H41F2NO2/c1-17(15-29-11-9-20(16-29)25(27)28)23-7-8-24-19(4-3-10-26(23,24)2)6-5-18-12-21(30)14-22(31)13-18/h5-6,17,20-25,30-31H,3-4,7-16H2,1-2H3/b18-5-,19-6+/t17?,20-,21-,22+,23-,24+,26-/m1/s1. The van der Waals surface area contributed by atoms with Crippen LogP contribution in [0.4, 0.5) is 8.78 Å². The van der Waals surface area contributed by atoms with Gasteiger partial charge in [-0.3, -0.25) is 0 Å². The van der Waals surface area contributed by atoms with E-state index in [1.807, 2.05) is 0 Å². The number of hydrogen-bond acceptors (Lipinski definition) is 3. The highest BCUT2D eigenvalue weighted by Gasteiger charge is 2.51. The van der Waals surface area contributed by atoms with Crippen LogP contribution in [0.5, 0.6) is 0 Å². The predicted molar refractivity (Wildman–Crippen MR) is 120 cm³/mol. The molecule has 176 valence electrons. The first-order chi connectivity index (χ1) is 14.8. The fraction of sp³-hybridized carbons (Fsp3) is 0.846. The van der Waals surface area contributed by atoms with Gasteiger partial charge in [0.05, 0.1) is 12.2 Å². The quantitative estimate of drug-likeness (QED) is 0.623. The van der Waals surface area contributed by atoms with Gasteiger partial charge < -0.3 is 15.1 Å². The molecule has 0 radical (unpaired) electrons. The van der Waals surface area contributed by atoms with Gasteiger partial charge in [-0.25, -0.2) is 8.78 Å². The molecule has 3 nitrogen and oxygen atoms in total. The summed E-state index contributed by atoms with van der Waals surface area (Å²) < 4.78 is 26.1. The lowest BCUT2D eigenvalue weighted by Gasteiger charge is -2.45. The Kier molecular flexibility index (Phi) is 7.24. The normalized spacial score (nSPS) is 43.1. The highest BCUT2D eigenvalue weighted by atomic mass is 19.3. The van der Waals surface area contributed by atoms with Crippen molar-refractivity contribution in [3.63, 3.8) is 0 Å². The van der Waals surface area contributed by atoms with E-state index < -0.39 is 24.6 Å². The first-order valence-corrected chi connectivity index (χ1v) is 12.5. The summed E-state index contributed by atoms with van der Waals surface area (Å²) in [5, 5.41) is 19.9. The number of nitrogens with zero attached hydrogens (tertiary/aromatic N) is 1. The second-order valence-corrected chi connectivity index (χ2v) is 11.2. The summed E-state index contributed by atoms with van der Waals surface area (Å²) in [5.41, 5.74) is 3.01. The number of aliphatic hydroxyl groups excluding tert-OH is 2. The highest BCUT2D eigenvalue weighted by molar-refractivity contribution is 5.26. The van der Waals surface area contributed by atoms with Gasteiger partial charge in [0.1, 0.15) is 0 Å². The van der Waals surface area contributed by atoms with Gasteiger partial charge >= 0.3 is 0 Å². The Labute approximate surface area is 186 Å². The first-order valence-electron chi connectivity index (χ1n) is 12.5. The Hall–Kier alpha value is -0.780. The number of alkyl halides is 2. The van der Waals surface area contributed by atoms with E-state index in [9.17, 15) is 19.0 Å². The molecule has 1 heterocycles. The smallest absolute Gasteiger partial charge is 0.242 e. The minimum Gasteiger partial charge on any atom is -0.393 e. The minimum atomic E-state index is -2.18. The summed E-state index contributed by atoms with van der Waals surface area (Å²) in [6.45, 7) is 7.16. The second kappa shape index (κ2) is 9.61. The van der Waals surface area contributed by atoms with Crippen LogP contribution in [0.3, 0.4) is 0 Å². The van der Waals surface area contributed by atoms with Crippen molar-refractivity contribution in [2.75, 3.05) is 19.6 Å². The number of hydrogen-bond donors (Lipinski definition) is 2. The third-order valence-electron chi connectivity index (χ3n) is 9.01. The summed E-state index contributed by atoms with van der Waals surface area (Å²) in [6, 6.07) is 0. The fourth-order valence-corrected chi connectivity index (χ4v) is 7.51. The Balaban J connectivity index is 1.41. The van der Waals surface area contributed by atoms with E-state index in [4.69, 9.17) is 0 Å². The van der Waals surface area contributed by atoms with Gasteiger partial charge in [-0.15, -0.1) is 0 Å². The molecule has 0 aromatic rings. The molecule has 1 unspecified atom stereocenters. The zero-order chi connectivity index (χ0) is 22.2. The fourth-order valence-electron chi connectivity index (χ4n) is 7.51. The first kappa shape index (κ1) is 23.4. The monoisotopic (exact) mass is 437 g/mol. The zero-order valence-corrected chi connectivity index (χ0v) is 19.3. The molecule has 4 rings (SSSR count). The molecule has 0 amide bonds. The molecule has 4 aliphatic rings. The SMILES string of the molecule is CC(CN1CC[C@@H](C(F)F)C1)[C@H]1CC[C@H]2/C(=C/C=C3/C[C@@H](O)C[C@@H](O)C3)CCC[C@]12C. The van der Waals surface area contributed by atoms with Crippen molar-refractivity contribution in [1.29, 1.82) is 0 Å². The van der Waals surface area contributed by atoms with E-state index in [-0.39, 0.29) is 0 Å². The van der Waals surface area contributed by atoms with Crippen molar-refractivity contribution < 1.29 is 19.0 Å². The van der Waals surface area contributed by atoms with Crippen LogP contribution in [-0.2, 0) is 0 Å². The van der Waals surface area contributed by atoms with E-state index in [1.165, 1.54) is 25.7 Å².